The molecule has 1 saturated carbocycles. The minimum Gasteiger partial charge on any atom is -0.480 e. The van der Waals surface area contributed by atoms with Gasteiger partial charge in [0, 0.05) is 19.3 Å². The number of carbonyl (C=O) groups is 3. The molecular formula is C17H21NO4. The zero-order valence-electron chi connectivity index (χ0n) is 12.5. The van der Waals surface area contributed by atoms with E-state index >= 15 is 0 Å². The Kier molecular flexibility index (Phi) is 5.69. The van der Waals surface area contributed by atoms with E-state index in [1.165, 1.54) is 0 Å². The zero-order valence-corrected chi connectivity index (χ0v) is 12.5. The number of aryl methyl sites for hydroxylation is 1. The first-order valence-corrected chi connectivity index (χ1v) is 7.64. The van der Waals surface area contributed by atoms with Crippen LogP contribution in [0.2, 0.25) is 0 Å². The number of rotatable bonds is 6. The number of hydrogen-bond donors (Lipinski definition) is 2. The maximum absolute atomic E-state index is 12.0. The number of hydrogen-bond acceptors (Lipinski definition) is 3. The van der Waals surface area contributed by atoms with E-state index in [0.29, 0.717) is 25.7 Å². The third-order valence-electron chi connectivity index (χ3n) is 4.06. The summed E-state index contributed by atoms with van der Waals surface area (Å²) in [4.78, 5) is 34.9. The maximum atomic E-state index is 12.0. The molecule has 2 N–H and O–H groups in total. The SMILES string of the molecule is O=C1CCC[C@H]([C@@H](NC(=O)CCc2ccccc2)C(=O)O)C1. The summed E-state index contributed by atoms with van der Waals surface area (Å²) in [6, 6.07) is 8.61. The first-order chi connectivity index (χ1) is 10.6. The summed E-state index contributed by atoms with van der Waals surface area (Å²) in [5.41, 5.74) is 1.04. The summed E-state index contributed by atoms with van der Waals surface area (Å²) in [5.74, 6) is -1.55. The van der Waals surface area contributed by atoms with Gasteiger partial charge < -0.3 is 10.4 Å². The fourth-order valence-electron chi connectivity index (χ4n) is 2.87. The molecule has 1 fully saturated rings. The number of Topliss-reactive ketones (excluding diaryl/α,β-unsaturated/α-hetero) is 1. The predicted octanol–water partition coefficient (Wildman–Crippen LogP) is 1.95. The summed E-state index contributed by atoms with van der Waals surface area (Å²) in [7, 11) is 0. The Bertz CT molecular complexity index is 541. The summed E-state index contributed by atoms with van der Waals surface area (Å²) in [6.07, 6.45) is 2.95. The van der Waals surface area contributed by atoms with Gasteiger partial charge in [-0.15, -0.1) is 0 Å². The van der Waals surface area contributed by atoms with E-state index in [0.717, 1.165) is 5.56 Å². The van der Waals surface area contributed by atoms with E-state index in [4.69, 9.17) is 0 Å². The first-order valence-electron chi connectivity index (χ1n) is 7.64. The highest BCUT2D eigenvalue weighted by Gasteiger charge is 2.33. The van der Waals surface area contributed by atoms with Crippen LogP contribution in [0.15, 0.2) is 30.3 Å². The van der Waals surface area contributed by atoms with Crippen molar-refractivity contribution in [2.24, 2.45) is 5.92 Å². The van der Waals surface area contributed by atoms with E-state index in [-0.39, 0.29) is 30.4 Å². The lowest BCUT2D eigenvalue weighted by Crippen LogP contribution is -2.47. The molecule has 1 amide bonds. The first kappa shape index (κ1) is 16.2. The lowest BCUT2D eigenvalue weighted by atomic mass is 9.83. The van der Waals surface area contributed by atoms with Crippen molar-refractivity contribution in [3.63, 3.8) is 0 Å². The molecule has 0 spiro atoms. The Morgan fingerprint density at radius 3 is 2.64 bits per heavy atom. The van der Waals surface area contributed by atoms with Crippen LogP contribution in [0, 0.1) is 5.92 Å². The number of ketones is 1. The normalized spacial score (nSPS) is 19.5. The van der Waals surface area contributed by atoms with Gasteiger partial charge in [0.05, 0.1) is 0 Å². The minimum atomic E-state index is -1.06. The van der Waals surface area contributed by atoms with Gasteiger partial charge in [0.15, 0.2) is 0 Å². The largest absolute Gasteiger partial charge is 0.480 e. The second kappa shape index (κ2) is 7.73. The van der Waals surface area contributed by atoms with Crippen LogP contribution < -0.4 is 5.32 Å². The predicted molar refractivity (Wildman–Crippen MR) is 81.3 cm³/mol. The van der Waals surface area contributed by atoms with Crippen molar-refractivity contribution in [1.29, 1.82) is 0 Å². The van der Waals surface area contributed by atoms with Gasteiger partial charge in [0.25, 0.3) is 0 Å². The molecule has 0 radical (unpaired) electrons. The van der Waals surface area contributed by atoms with E-state index in [1.54, 1.807) is 0 Å². The van der Waals surface area contributed by atoms with Crippen molar-refractivity contribution in [2.75, 3.05) is 0 Å². The number of nitrogens with one attached hydrogen (secondary N) is 1. The van der Waals surface area contributed by atoms with Gasteiger partial charge >= 0.3 is 5.97 Å². The molecule has 2 atom stereocenters. The van der Waals surface area contributed by atoms with Crippen molar-refractivity contribution in [2.45, 2.75) is 44.6 Å². The van der Waals surface area contributed by atoms with Gasteiger partial charge in [-0.1, -0.05) is 30.3 Å². The maximum Gasteiger partial charge on any atom is 0.326 e. The topological polar surface area (TPSA) is 83.5 Å². The van der Waals surface area contributed by atoms with E-state index < -0.39 is 12.0 Å². The highest BCUT2D eigenvalue weighted by Crippen LogP contribution is 2.24. The molecule has 1 aromatic rings. The van der Waals surface area contributed by atoms with Crippen LogP contribution in [0.3, 0.4) is 0 Å². The Balaban J connectivity index is 1.88. The van der Waals surface area contributed by atoms with Gasteiger partial charge in [-0.2, -0.15) is 0 Å². The van der Waals surface area contributed by atoms with Crippen LogP contribution in [0.1, 0.15) is 37.7 Å². The quantitative estimate of drug-likeness (QED) is 0.841. The summed E-state index contributed by atoms with van der Waals surface area (Å²) in [5, 5.41) is 11.9. The molecule has 5 nitrogen and oxygen atoms in total. The number of carboxylic acids is 1. The Labute approximate surface area is 129 Å². The van der Waals surface area contributed by atoms with Crippen molar-refractivity contribution in [3.05, 3.63) is 35.9 Å². The van der Waals surface area contributed by atoms with Gasteiger partial charge in [0.2, 0.25) is 5.91 Å². The second-order valence-corrected chi connectivity index (χ2v) is 5.76. The fourth-order valence-corrected chi connectivity index (χ4v) is 2.87. The Hall–Kier alpha value is -2.17. The molecule has 0 bridgehead atoms. The minimum absolute atomic E-state index is 0.0843. The molecule has 5 heteroatoms. The van der Waals surface area contributed by atoms with E-state index in [2.05, 4.69) is 5.32 Å². The van der Waals surface area contributed by atoms with Crippen molar-refractivity contribution in [3.8, 4) is 0 Å². The molecule has 2 rings (SSSR count). The monoisotopic (exact) mass is 303 g/mol. The van der Waals surface area contributed by atoms with E-state index in [9.17, 15) is 19.5 Å². The molecule has 1 aromatic carbocycles. The Morgan fingerprint density at radius 2 is 2.00 bits per heavy atom. The van der Waals surface area contributed by atoms with Gasteiger partial charge in [-0.3, -0.25) is 9.59 Å². The van der Waals surface area contributed by atoms with Crippen LogP contribution in [-0.2, 0) is 20.8 Å². The zero-order chi connectivity index (χ0) is 15.9. The van der Waals surface area contributed by atoms with Crippen LogP contribution in [0.25, 0.3) is 0 Å². The molecule has 0 unspecified atom stereocenters. The molecule has 1 aliphatic rings. The number of aliphatic carboxylic acids is 1. The summed E-state index contributed by atoms with van der Waals surface area (Å²) in [6.45, 7) is 0. The average Bonchev–Trinajstić information content (AvgIpc) is 2.51. The lowest BCUT2D eigenvalue weighted by Gasteiger charge is -2.27. The summed E-state index contributed by atoms with van der Waals surface area (Å²) < 4.78 is 0. The van der Waals surface area contributed by atoms with Crippen molar-refractivity contribution < 1.29 is 19.5 Å². The molecule has 118 valence electrons. The number of carboxylic acid groups (broad SMARTS) is 1. The van der Waals surface area contributed by atoms with Crippen molar-refractivity contribution >= 4 is 17.7 Å². The third kappa shape index (κ3) is 4.69. The molecular weight excluding hydrogens is 282 g/mol. The smallest absolute Gasteiger partial charge is 0.326 e. The van der Waals surface area contributed by atoms with Crippen LogP contribution in [0.4, 0.5) is 0 Å². The number of benzene rings is 1. The molecule has 0 aromatic heterocycles. The van der Waals surface area contributed by atoms with Crippen LogP contribution in [0.5, 0.6) is 0 Å². The van der Waals surface area contributed by atoms with E-state index in [1.807, 2.05) is 30.3 Å². The molecule has 0 heterocycles. The van der Waals surface area contributed by atoms with Crippen LogP contribution >= 0.6 is 0 Å². The second-order valence-electron chi connectivity index (χ2n) is 5.76. The molecule has 22 heavy (non-hydrogen) atoms. The van der Waals surface area contributed by atoms with Gasteiger partial charge in [0.1, 0.15) is 11.8 Å². The average molecular weight is 303 g/mol. The lowest BCUT2D eigenvalue weighted by molar-refractivity contribution is -0.144. The standard InChI is InChI=1S/C17H21NO4/c19-14-8-4-7-13(11-14)16(17(21)22)18-15(20)10-9-12-5-2-1-3-6-12/h1-3,5-6,13,16H,4,7-11H2,(H,18,20)(H,21,22)/t13-,16+/m0/s1. The number of amides is 1. The molecule has 0 saturated heterocycles. The highest BCUT2D eigenvalue weighted by atomic mass is 16.4. The van der Waals surface area contributed by atoms with Crippen LogP contribution in [-0.4, -0.2) is 28.8 Å². The third-order valence-corrected chi connectivity index (χ3v) is 4.06. The molecule has 1 aliphatic carbocycles. The fraction of sp³-hybridized carbons (Fsp3) is 0.471. The van der Waals surface area contributed by atoms with Gasteiger partial charge in [-0.25, -0.2) is 4.79 Å². The summed E-state index contributed by atoms with van der Waals surface area (Å²) >= 11 is 0. The number of carbonyl (C=O) groups excluding carboxylic acids is 2. The molecule has 0 aliphatic heterocycles. The van der Waals surface area contributed by atoms with Crippen molar-refractivity contribution in [1.82, 2.24) is 5.32 Å². The highest BCUT2D eigenvalue weighted by molar-refractivity contribution is 5.85. The van der Waals surface area contributed by atoms with Gasteiger partial charge in [-0.05, 0) is 30.7 Å². The Morgan fingerprint density at radius 1 is 1.27 bits per heavy atom.